The molecule has 1 N–H and O–H groups in total. The number of aromatic amines is 1. The quantitative estimate of drug-likeness (QED) is 0.575. The molecule has 1 aliphatic rings. The summed E-state index contributed by atoms with van der Waals surface area (Å²) in [4.78, 5) is 17.2. The first-order valence-electron chi connectivity index (χ1n) is 7.58. The van der Waals surface area contributed by atoms with Gasteiger partial charge in [0.1, 0.15) is 11.7 Å². The monoisotopic (exact) mass is 329 g/mol. The zero-order valence-corrected chi connectivity index (χ0v) is 12.8. The Kier molecular flexibility index (Phi) is 3.71. The van der Waals surface area contributed by atoms with E-state index < -0.39 is 4.92 Å². The summed E-state index contributed by atoms with van der Waals surface area (Å²) in [6, 6.07) is 5.76. The summed E-state index contributed by atoms with van der Waals surface area (Å²) in [5.74, 6) is 0.165. The average Bonchev–Trinajstić information content (AvgIpc) is 3.22. The molecule has 3 heterocycles. The molecule has 0 bridgehead atoms. The fraction of sp³-hybridized carbons (Fsp3) is 0.333. The first-order valence-corrected chi connectivity index (χ1v) is 7.58. The Morgan fingerprint density at radius 1 is 1.33 bits per heavy atom. The van der Waals surface area contributed by atoms with Crippen LogP contribution in [0, 0.1) is 10.1 Å². The fourth-order valence-electron chi connectivity index (χ4n) is 2.77. The normalized spacial score (nSPS) is 15.8. The highest BCUT2D eigenvalue weighted by molar-refractivity contribution is 5.77. The van der Waals surface area contributed by atoms with Crippen LogP contribution in [0.25, 0.3) is 22.7 Å². The number of nitrogens with one attached hydrogen (secondary N) is 1. The van der Waals surface area contributed by atoms with E-state index in [9.17, 15) is 10.1 Å². The van der Waals surface area contributed by atoms with Crippen LogP contribution >= 0.6 is 0 Å². The lowest BCUT2D eigenvalue weighted by atomic mass is 10.2. The van der Waals surface area contributed by atoms with Gasteiger partial charge in [0, 0.05) is 19.6 Å². The first kappa shape index (κ1) is 14.8. The van der Waals surface area contributed by atoms with Gasteiger partial charge in [0.05, 0.1) is 18.1 Å². The molecule has 9 nitrogen and oxygen atoms in total. The van der Waals surface area contributed by atoms with Crippen LogP contribution in [0.5, 0.6) is 0 Å². The van der Waals surface area contributed by atoms with Gasteiger partial charge in [-0.05, 0) is 17.7 Å². The smallest absolute Gasteiger partial charge is 0.319 e. The summed E-state index contributed by atoms with van der Waals surface area (Å²) in [6.45, 7) is 4.12. The van der Waals surface area contributed by atoms with Gasteiger partial charge in [0.15, 0.2) is 11.3 Å². The van der Waals surface area contributed by atoms with Crippen molar-refractivity contribution in [1.29, 1.82) is 0 Å². The molecule has 3 aromatic rings. The van der Waals surface area contributed by atoms with Crippen LogP contribution in [0.15, 0.2) is 28.8 Å². The second-order valence-corrected chi connectivity index (χ2v) is 5.60. The molecule has 0 saturated carbocycles. The van der Waals surface area contributed by atoms with Crippen molar-refractivity contribution in [1.82, 2.24) is 20.1 Å². The lowest BCUT2D eigenvalue weighted by molar-refractivity contribution is -0.384. The molecular formula is C15H15N5O4. The minimum absolute atomic E-state index is 0.157. The SMILES string of the molecule is O=[N+]([O-])c1cn[nH]c1-c1nc2cc(CN3CCOCC3)ccc2o1. The molecule has 0 spiro atoms. The van der Waals surface area contributed by atoms with Crippen molar-refractivity contribution in [3.63, 3.8) is 0 Å². The van der Waals surface area contributed by atoms with Crippen molar-refractivity contribution in [3.05, 3.63) is 40.1 Å². The number of benzene rings is 1. The molecule has 24 heavy (non-hydrogen) atoms. The standard InChI is InChI=1S/C15H15N5O4/c21-20(22)12-8-16-18-14(12)15-17-11-7-10(1-2-13(11)24-15)9-19-3-5-23-6-4-19/h1-2,7-8H,3-6,9H2,(H,16,18). The number of hydrogen-bond donors (Lipinski definition) is 1. The largest absolute Gasteiger partial charge is 0.435 e. The van der Waals surface area contributed by atoms with Crippen LogP contribution in [0.2, 0.25) is 0 Å². The molecule has 1 fully saturated rings. The summed E-state index contributed by atoms with van der Waals surface area (Å²) in [5.41, 5.74) is 2.38. The van der Waals surface area contributed by atoms with E-state index in [-0.39, 0.29) is 17.3 Å². The van der Waals surface area contributed by atoms with Crippen LogP contribution in [-0.4, -0.2) is 51.3 Å². The van der Waals surface area contributed by atoms with E-state index in [0.717, 1.165) is 44.6 Å². The molecule has 2 aromatic heterocycles. The maximum absolute atomic E-state index is 11.0. The number of nitrogens with zero attached hydrogens (tertiary/aromatic N) is 4. The molecule has 1 saturated heterocycles. The molecule has 4 rings (SSSR count). The van der Waals surface area contributed by atoms with Gasteiger partial charge >= 0.3 is 5.69 Å². The van der Waals surface area contributed by atoms with E-state index in [1.54, 1.807) is 0 Å². The number of fused-ring (bicyclic) bond motifs is 1. The predicted octanol–water partition coefficient (Wildman–Crippen LogP) is 1.96. The maximum Gasteiger partial charge on any atom is 0.319 e. The Morgan fingerprint density at radius 3 is 2.96 bits per heavy atom. The molecule has 9 heteroatoms. The van der Waals surface area contributed by atoms with Gasteiger partial charge in [-0.25, -0.2) is 4.98 Å². The summed E-state index contributed by atoms with van der Waals surface area (Å²) in [5, 5.41) is 17.3. The van der Waals surface area contributed by atoms with Crippen molar-refractivity contribution < 1.29 is 14.1 Å². The van der Waals surface area contributed by atoms with Crippen LogP contribution in [0.3, 0.4) is 0 Å². The van der Waals surface area contributed by atoms with Crippen LogP contribution in [-0.2, 0) is 11.3 Å². The number of hydrogen-bond acceptors (Lipinski definition) is 7. The van der Waals surface area contributed by atoms with Gasteiger partial charge in [-0.2, -0.15) is 5.10 Å². The molecule has 1 aliphatic heterocycles. The molecule has 0 atom stereocenters. The summed E-state index contributed by atoms with van der Waals surface area (Å²) < 4.78 is 11.0. The Balaban J connectivity index is 1.63. The fourth-order valence-corrected chi connectivity index (χ4v) is 2.77. The number of ether oxygens (including phenoxy) is 1. The molecule has 0 unspecified atom stereocenters. The molecule has 0 amide bonds. The van der Waals surface area contributed by atoms with Gasteiger partial charge in [0.2, 0.25) is 0 Å². The first-order chi connectivity index (χ1) is 11.7. The van der Waals surface area contributed by atoms with E-state index in [1.165, 1.54) is 0 Å². The Labute approximate surface area is 136 Å². The highest BCUT2D eigenvalue weighted by Gasteiger charge is 2.22. The van der Waals surface area contributed by atoms with Crippen LogP contribution < -0.4 is 0 Å². The maximum atomic E-state index is 11.0. The zero-order chi connectivity index (χ0) is 16.5. The summed E-state index contributed by atoms with van der Waals surface area (Å²) >= 11 is 0. The summed E-state index contributed by atoms with van der Waals surface area (Å²) in [6.07, 6.45) is 1.15. The number of aromatic nitrogens is 3. The summed E-state index contributed by atoms with van der Waals surface area (Å²) in [7, 11) is 0. The van der Waals surface area contributed by atoms with Crippen molar-refractivity contribution in [2.45, 2.75) is 6.54 Å². The van der Waals surface area contributed by atoms with Crippen molar-refractivity contribution in [2.75, 3.05) is 26.3 Å². The van der Waals surface area contributed by atoms with Crippen LogP contribution in [0.4, 0.5) is 5.69 Å². The third-order valence-corrected chi connectivity index (χ3v) is 3.99. The van der Waals surface area contributed by atoms with E-state index in [2.05, 4.69) is 20.1 Å². The molecular weight excluding hydrogens is 314 g/mol. The Bertz CT molecular complexity index is 881. The molecule has 0 aliphatic carbocycles. The topological polar surface area (TPSA) is 110 Å². The van der Waals surface area contributed by atoms with Crippen molar-refractivity contribution >= 4 is 16.8 Å². The average molecular weight is 329 g/mol. The number of nitro groups is 1. The third kappa shape index (κ3) is 2.74. The van der Waals surface area contributed by atoms with Gasteiger partial charge in [-0.3, -0.25) is 20.1 Å². The highest BCUT2D eigenvalue weighted by atomic mass is 16.6. The minimum atomic E-state index is -0.516. The lowest BCUT2D eigenvalue weighted by Gasteiger charge is -2.26. The second-order valence-electron chi connectivity index (χ2n) is 5.60. The van der Waals surface area contributed by atoms with E-state index in [1.807, 2.05) is 18.2 Å². The number of rotatable bonds is 4. The van der Waals surface area contributed by atoms with Crippen LogP contribution in [0.1, 0.15) is 5.56 Å². The highest BCUT2D eigenvalue weighted by Crippen LogP contribution is 2.29. The van der Waals surface area contributed by atoms with E-state index >= 15 is 0 Å². The third-order valence-electron chi connectivity index (χ3n) is 3.99. The number of H-pyrrole nitrogens is 1. The second kappa shape index (κ2) is 6.02. The molecule has 0 radical (unpaired) electrons. The number of morpholine rings is 1. The molecule has 1 aromatic carbocycles. The van der Waals surface area contributed by atoms with E-state index in [0.29, 0.717) is 11.1 Å². The Morgan fingerprint density at radius 2 is 2.17 bits per heavy atom. The van der Waals surface area contributed by atoms with Gasteiger partial charge in [-0.1, -0.05) is 6.07 Å². The van der Waals surface area contributed by atoms with Gasteiger partial charge < -0.3 is 9.15 Å². The van der Waals surface area contributed by atoms with Crippen molar-refractivity contribution in [3.8, 4) is 11.6 Å². The molecule has 124 valence electrons. The van der Waals surface area contributed by atoms with Gasteiger partial charge in [0.25, 0.3) is 5.89 Å². The van der Waals surface area contributed by atoms with Crippen molar-refractivity contribution in [2.24, 2.45) is 0 Å². The zero-order valence-electron chi connectivity index (χ0n) is 12.8. The Hall–Kier alpha value is -2.78. The van der Waals surface area contributed by atoms with E-state index in [4.69, 9.17) is 9.15 Å². The predicted molar refractivity (Wildman–Crippen MR) is 84.3 cm³/mol. The minimum Gasteiger partial charge on any atom is -0.435 e. The lowest BCUT2D eigenvalue weighted by Crippen LogP contribution is -2.35. The number of oxazole rings is 1. The van der Waals surface area contributed by atoms with Gasteiger partial charge in [-0.15, -0.1) is 0 Å².